The fourth-order valence-corrected chi connectivity index (χ4v) is 1.15. The average molecular weight is 197 g/mol. The third-order valence-electron chi connectivity index (χ3n) is 1.75. The SMILES string of the molecule is CCCn1ccc(C=C(F)C(=O)O)c1. The van der Waals surface area contributed by atoms with E-state index in [0.29, 0.717) is 5.56 Å². The molecule has 0 aliphatic rings. The summed E-state index contributed by atoms with van der Waals surface area (Å²) < 4.78 is 14.5. The van der Waals surface area contributed by atoms with Gasteiger partial charge in [0.1, 0.15) is 0 Å². The van der Waals surface area contributed by atoms with Gasteiger partial charge in [-0.1, -0.05) is 6.92 Å². The first kappa shape index (κ1) is 10.5. The molecule has 0 radical (unpaired) electrons. The molecular formula is C10H12FNO2. The molecule has 1 rings (SSSR count). The Hall–Kier alpha value is -1.58. The average Bonchev–Trinajstić information content (AvgIpc) is 2.53. The molecule has 0 spiro atoms. The molecule has 0 saturated heterocycles. The number of aliphatic carboxylic acids is 1. The van der Waals surface area contributed by atoms with Crippen molar-refractivity contribution in [2.24, 2.45) is 0 Å². The van der Waals surface area contributed by atoms with Gasteiger partial charge in [-0.05, 0) is 24.1 Å². The fraction of sp³-hybridized carbons (Fsp3) is 0.300. The summed E-state index contributed by atoms with van der Waals surface area (Å²) in [6.45, 7) is 2.88. The molecule has 14 heavy (non-hydrogen) atoms. The molecule has 3 nitrogen and oxygen atoms in total. The minimum absolute atomic E-state index is 0.568. The lowest BCUT2D eigenvalue weighted by Crippen LogP contribution is -1.94. The zero-order valence-corrected chi connectivity index (χ0v) is 7.90. The number of hydrogen-bond acceptors (Lipinski definition) is 1. The summed E-state index contributed by atoms with van der Waals surface area (Å²) in [4.78, 5) is 10.2. The van der Waals surface area contributed by atoms with Crippen LogP contribution in [0.5, 0.6) is 0 Å². The Kier molecular flexibility index (Phi) is 3.45. The zero-order valence-electron chi connectivity index (χ0n) is 7.90. The number of carboxylic acids is 1. The number of aryl methyl sites for hydroxylation is 1. The van der Waals surface area contributed by atoms with E-state index in [9.17, 15) is 9.18 Å². The molecular weight excluding hydrogens is 185 g/mol. The standard InChI is InChI=1S/C10H12FNO2/c1-2-4-12-5-3-8(7-12)6-9(11)10(13)14/h3,5-7H,2,4H2,1H3,(H,13,14). The van der Waals surface area contributed by atoms with Gasteiger partial charge in [-0.2, -0.15) is 4.39 Å². The molecule has 0 atom stereocenters. The maximum absolute atomic E-state index is 12.7. The molecule has 0 saturated carbocycles. The first-order valence-corrected chi connectivity index (χ1v) is 4.39. The van der Waals surface area contributed by atoms with Crippen molar-refractivity contribution in [2.45, 2.75) is 19.9 Å². The van der Waals surface area contributed by atoms with E-state index in [1.165, 1.54) is 0 Å². The largest absolute Gasteiger partial charge is 0.476 e. The van der Waals surface area contributed by atoms with Crippen LogP contribution in [-0.2, 0) is 11.3 Å². The molecule has 1 aromatic heterocycles. The Bertz CT molecular complexity index is 355. The van der Waals surface area contributed by atoms with Crippen LogP contribution >= 0.6 is 0 Å². The highest BCUT2D eigenvalue weighted by atomic mass is 19.1. The van der Waals surface area contributed by atoms with E-state index in [1.54, 1.807) is 18.5 Å². The van der Waals surface area contributed by atoms with E-state index < -0.39 is 11.8 Å². The molecule has 0 aliphatic carbocycles. The molecule has 0 unspecified atom stereocenters. The highest BCUT2D eigenvalue weighted by Gasteiger charge is 2.05. The summed E-state index contributed by atoms with van der Waals surface area (Å²) in [5, 5.41) is 8.30. The number of aromatic nitrogens is 1. The molecule has 1 heterocycles. The molecule has 76 valence electrons. The zero-order chi connectivity index (χ0) is 10.6. The minimum Gasteiger partial charge on any atom is -0.476 e. The van der Waals surface area contributed by atoms with Crippen LogP contribution < -0.4 is 0 Å². The Labute approximate surface area is 81.5 Å². The number of hydrogen-bond donors (Lipinski definition) is 1. The Morgan fingerprint density at radius 1 is 1.71 bits per heavy atom. The van der Waals surface area contributed by atoms with E-state index in [0.717, 1.165) is 19.0 Å². The lowest BCUT2D eigenvalue weighted by Gasteiger charge is -1.96. The second-order valence-electron chi connectivity index (χ2n) is 2.98. The number of carboxylic acid groups (broad SMARTS) is 1. The van der Waals surface area contributed by atoms with Crippen LogP contribution in [0.4, 0.5) is 4.39 Å². The van der Waals surface area contributed by atoms with Crippen molar-refractivity contribution in [2.75, 3.05) is 0 Å². The van der Waals surface area contributed by atoms with Gasteiger partial charge in [0.15, 0.2) is 0 Å². The van der Waals surface area contributed by atoms with Crippen LogP contribution in [0.2, 0.25) is 0 Å². The van der Waals surface area contributed by atoms with E-state index in [-0.39, 0.29) is 0 Å². The first-order chi connectivity index (χ1) is 6.63. The fourth-order valence-electron chi connectivity index (χ4n) is 1.15. The van der Waals surface area contributed by atoms with Gasteiger partial charge in [0.05, 0.1) is 0 Å². The number of nitrogens with zero attached hydrogens (tertiary/aromatic N) is 1. The van der Waals surface area contributed by atoms with Crippen LogP contribution in [0.1, 0.15) is 18.9 Å². The van der Waals surface area contributed by atoms with Crippen LogP contribution in [0.3, 0.4) is 0 Å². The third kappa shape index (κ3) is 2.73. The van der Waals surface area contributed by atoms with E-state index in [2.05, 4.69) is 0 Å². The number of halogens is 1. The van der Waals surface area contributed by atoms with Gasteiger partial charge in [0.25, 0.3) is 0 Å². The molecule has 4 heteroatoms. The van der Waals surface area contributed by atoms with Crippen LogP contribution in [-0.4, -0.2) is 15.6 Å². The second kappa shape index (κ2) is 4.60. The Balaban J connectivity index is 2.77. The predicted octanol–water partition coefficient (Wildman–Crippen LogP) is 2.29. The van der Waals surface area contributed by atoms with E-state index in [4.69, 9.17) is 5.11 Å². The molecule has 1 N–H and O–H groups in total. The molecule has 0 bridgehead atoms. The molecule has 0 aliphatic heterocycles. The third-order valence-corrected chi connectivity index (χ3v) is 1.75. The second-order valence-corrected chi connectivity index (χ2v) is 2.98. The maximum atomic E-state index is 12.7. The van der Waals surface area contributed by atoms with E-state index >= 15 is 0 Å². The normalized spacial score (nSPS) is 11.7. The van der Waals surface area contributed by atoms with Gasteiger partial charge in [-0.3, -0.25) is 0 Å². The Morgan fingerprint density at radius 3 is 3.00 bits per heavy atom. The molecule has 0 amide bonds. The van der Waals surface area contributed by atoms with Crippen molar-refractivity contribution >= 4 is 12.0 Å². The molecule has 0 aromatic carbocycles. The van der Waals surface area contributed by atoms with Crippen molar-refractivity contribution in [3.05, 3.63) is 29.9 Å². The quantitative estimate of drug-likeness (QED) is 0.752. The predicted molar refractivity (Wildman–Crippen MR) is 51.4 cm³/mol. The van der Waals surface area contributed by atoms with Crippen molar-refractivity contribution in [1.29, 1.82) is 0 Å². The smallest absolute Gasteiger partial charge is 0.364 e. The maximum Gasteiger partial charge on any atom is 0.364 e. The van der Waals surface area contributed by atoms with Gasteiger partial charge in [-0.25, -0.2) is 4.79 Å². The van der Waals surface area contributed by atoms with E-state index in [1.807, 2.05) is 11.5 Å². The number of rotatable bonds is 4. The van der Waals surface area contributed by atoms with Crippen LogP contribution in [0.25, 0.3) is 6.08 Å². The summed E-state index contributed by atoms with van der Waals surface area (Å²) in [5.74, 6) is -2.67. The number of carbonyl (C=O) groups is 1. The molecule has 1 aromatic rings. The topological polar surface area (TPSA) is 42.2 Å². The summed E-state index contributed by atoms with van der Waals surface area (Å²) in [7, 11) is 0. The lowest BCUT2D eigenvalue weighted by molar-refractivity contribution is -0.134. The lowest BCUT2D eigenvalue weighted by atomic mass is 10.3. The highest BCUT2D eigenvalue weighted by molar-refractivity contribution is 5.89. The summed E-state index contributed by atoms with van der Waals surface area (Å²) in [6.07, 6.45) is 5.50. The van der Waals surface area contributed by atoms with Gasteiger partial charge in [0.2, 0.25) is 5.83 Å². The van der Waals surface area contributed by atoms with Crippen molar-refractivity contribution < 1.29 is 14.3 Å². The van der Waals surface area contributed by atoms with Crippen molar-refractivity contribution in [3.8, 4) is 0 Å². The minimum atomic E-state index is -1.53. The highest BCUT2D eigenvalue weighted by Crippen LogP contribution is 2.09. The van der Waals surface area contributed by atoms with Gasteiger partial charge >= 0.3 is 5.97 Å². The monoisotopic (exact) mass is 197 g/mol. The van der Waals surface area contributed by atoms with Gasteiger partial charge in [-0.15, -0.1) is 0 Å². The van der Waals surface area contributed by atoms with Crippen molar-refractivity contribution in [3.63, 3.8) is 0 Å². The van der Waals surface area contributed by atoms with Gasteiger partial charge in [0, 0.05) is 18.9 Å². The summed E-state index contributed by atoms with van der Waals surface area (Å²) in [5.41, 5.74) is 0.568. The van der Waals surface area contributed by atoms with Crippen LogP contribution in [0.15, 0.2) is 24.3 Å². The molecule has 0 fully saturated rings. The van der Waals surface area contributed by atoms with Crippen molar-refractivity contribution in [1.82, 2.24) is 4.57 Å². The van der Waals surface area contributed by atoms with Crippen LogP contribution in [0, 0.1) is 0 Å². The summed E-state index contributed by atoms with van der Waals surface area (Å²) >= 11 is 0. The summed E-state index contributed by atoms with van der Waals surface area (Å²) in [6, 6.07) is 1.68. The Morgan fingerprint density at radius 2 is 2.43 bits per heavy atom. The van der Waals surface area contributed by atoms with Gasteiger partial charge < -0.3 is 9.67 Å². The first-order valence-electron chi connectivity index (χ1n) is 4.39.